The average molecular weight is 265 g/mol. The fourth-order valence-electron chi connectivity index (χ4n) is 2.40. The van der Waals surface area contributed by atoms with E-state index < -0.39 is 0 Å². The Bertz CT molecular complexity index is 406. The summed E-state index contributed by atoms with van der Waals surface area (Å²) in [6.07, 6.45) is 0. The van der Waals surface area contributed by atoms with Gasteiger partial charge in [0.05, 0.1) is 25.9 Å². The zero-order valence-corrected chi connectivity index (χ0v) is 11.9. The average Bonchev–Trinajstić information content (AvgIpc) is 2.64. The van der Waals surface area contributed by atoms with Crippen molar-refractivity contribution in [1.29, 1.82) is 0 Å². The van der Waals surface area contributed by atoms with E-state index in [1.165, 1.54) is 5.56 Å². The summed E-state index contributed by atoms with van der Waals surface area (Å²) < 4.78 is 16.4. The number of nitrogens with one attached hydrogen (secondary N) is 1. The molecule has 0 radical (unpaired) electrons. The van der Waals surface area contributed by atoms with Gasteiger partial charge >= 0.3 is 0 Å². The van der Waals surface area contributed by atoms with Gasteiger partial charge in [0.15, 0.2) is 0 Å². The lowest BCUT2D eigenvalue weighted by Gasteiger charge is -2.27. The number of benzene rings is 1. The van der Waals surface area contributed by atoms with Gasteiger partial charge in [-0.3, -0.25) is 0 Å². The summed E-state index contributed by atoms with van der Waals surface area (Å²) in [5, 5.41) is 3.51. The van der Waals surface area contributed by atoms with Gasteiger partial charge in [-0.25, -0.2) is 0 Å². The predicted octanol–water partition coefficient (Wildman–Crippen LogP) is 2.15. The molecule has 0 aromatic heterocycles. The molecule has 0 aliphatic carbocycles. The molecule has 1 heterocycles. The zero-order chi connectivity index (χ0) is 13.7. The van der Waals surface area contributed by atoms with Gasteiger partial charge in [-0.2, -0.15) is 0 Å². The maximum absolute atomic E-state index is 5.98. The van der Waals surface area contributed by atoms with Crippen LogP contribution in [0, 0.1) is 0 Å². The third-order valence-electron chi connectivity index (χ3n) is 3.32. The lowest BCUT2D eigenvalue weighted by atomic mass is 9.94. The van der Waals surface area contributed by atoms with E-state index in [9.17, 15) is 0 Å². The van der Waals surface area contributed by atoms with Crippen LogP contribution in [0.15, 0.2) is 24.3 Å². The summed E-state index contributed by atoms with van der Waals surface area (Å²) in [7, 11) is 1.68. The largest absolute Gasteiger partial charge is 0.486 e. The summed E-state index contributed by atoms with van der Waals surface area (Å²) in [6.45, 7) is 6.97. The second-order valence-corrected chi connectivity index (χ2v) is 5.24. The minimum atomic E-state index is -0.226. The van der Waals surface area contributed by atoms with Crippen molar-refractivity contribution in [1.82, 2.24) is 5.32 Å². The van der Waals surface area contributed by atoms with Crippen LogP contribution in [0.25, 0.3) is 0 Å². The van der Waals surface area contributed by atoms with Crippen LogP contribution in [0.3, 0.4) is 0 Å². The van der Waals surface area contributed by atoms with E-state index in [4.69, 9.17) is 14.2 Å². The van der Waals surface area contributed by atoms with Crippen LogP contribution in [0.5, 0.6) is 5.75 Å². The van der Waals surface area contributed by atoms with E-state index in [-0.39, 0.29) is 11.6 Å². The molecule has 1 aliphatic heterocycles. The fourth-order valence-corrected chi connectivity index (χ4v) is 2.40. The number of hydrogen-bond acceptors (Lipinski definition) is 4. The van der Waals surface area contributed by atoms with Gasteiger partial charge in [0.25, 0.3) is 0 Å². The molecule has 2 rings (SSSR count). The number of methoxy groups -OCH3 is 1. The van der Waals surface area contributed by atoms with Crippen LogP contribution in [-0.4, -0.2) is 39.1 Å². The van der Waals surface area contributed by atoms with Crippen molar-refractivity contribution in [2.45, 2.75) is 25.5 Å². The monoisotopic (exact) mass is 265 g/mol. The Kier molecular flexibility index (Phi) is 4.80. The third-order valence-corrected chi connectivity index (χ3v) is 3.32. The molecule has 4 heteroatoms. The maximum Gasteiger partial charge on any atom is 0.125 e. The molecule has 0 bridgehead atoms. The van der Waals surface area contributed by atoms with E-state index >= 15 is 0 Å². The van der Waals surface area contributed by atoms with E-state index in [0.29, 0.717) is 19.8 Å². The van der Waals surface area contributed by atoms with E-state index in [0.717, 1.165) is 12.3 Å². The van der Waals surface area contributed by atoms with Crippen LogP contribution >= 0.6 is 0 Å². The molecular formula is C15H23NO3. The first-order valence-corrected chi connectivity index (χ1v) is 6.73. The minimum absolute atomic E-state index is 0.203. The van der Waals surface area contributed by atoms with Gasteiger partial charge in [-0.1, -0.05) is 18.2 Å². The molecule has 4 nitrogen and oxygen atoms in total. The molecule has 0 saturated carbocycles. The molecule has 1 unspecified atom stereocenters. The number of rotatable bonds is 7. The van der Waals surface area contributed by atoms with Crippen molar-refractivity contribution in [3.05, 3.63) is 29.8 Å². The summed E-state index contributed by atoms with van der Waals surface area (Å²) in [6, 6.07) is 8.40. The van der Waals surface area contributed by atoms with E-state index in [1.54, 1.807) is 7.11 Å². The first-order valence-electron chi connectivity index (χ1n) is 6.73. The SMILES string of the molecule is COCCOCCNC1c2ccccc2OC1(C)C. The Balaban J connectivity index is 1.85. The Morgan fingerprint density at radius 2 is 2.00 bits per heavy atom. The van der Waals surface area contributed by atoms with E-state index in [1.807, 2.05) is 18.2 Å². The number of para-hydroxylation sites is 1. The molecule has 0 fully saturated rings. The Labute approximate surface area is 115 Å². The molecule has 0 saturated heterocycles. The zero-order valence-electron chi connectivity index (χ0n) is 11.9. The highest BCUT2D eigenvalue weighted by atomic mass is 16.5. The number of ether oxygens (including phenoxy) is 3. The Morgan fingerprint density at radius 1 is 1.21 bits per heavy atom. The summed E-state index contributed by atoms with van der Waals surface area (Å²) in [5.41, 5.74) is 1.00. The summed E-state index contributed by atoms with van der Waals surface area (Å²) in [5.74, 6) is 0.977. The molecule has 1 N–H and O–H groups in total. The van der Waals surface area contributed by atoms with Crippen molar-refractivity contribution >= 4 is 0 Å². The second-order valence-electron chi connectivity index (χ2n) is 5.24. The van der Waals surface area contributed by atoms with Gasteiger partial charge in [-0.15, -0.1) is 0 Å². The van der Waals surface area contributed by atoms with Crippen molar-refractivity contribution in [3.63, 3.8) is 0 Å². The number of hydrogen-bond donors (Lipinski definition) is 1. The highest BCUT2D eigenvalue weighted by molar-refractivity contribution is 5.42. The summed E-state index contributed by atoms with van der Waals surface area (Å²) >= 11 is 0. The Hall–Kier alpha value is -1.10. The molecule has 19 heavy (non-hydrogen) atoms. The van der Waals surface area contributed by atoms with Crippen molar-refractivity contribution in [2.24, 2.45) is 0 Å². The van der Waals surface area contributed by atoms with Crippen molar-refractivity contribution in [3.8, 4) is 5.75 Å². The molecule has 1 aromatic rings. The number of fused-ring (bicyclic) bond motifs is 1. The molecular weight excluding hydrogens is 242 g/mol. The second kappa shape index (κ2) is 6.37. The fraction of sp³-hybridized carbons (Fsp3) is 0.600. The first-order chi connectivity index (χ1) is 9.15. The molecule has 1 atom stereocenters. The molecule has 1 aromatic carbocycles. The van der Waals surface area contributed by atoms with Gasteiger partial charge in [0, 0.05) is 19.2 Å². The first kappa shape index (κ1) is 14.3. The van der Waals surface area contributed by atoms with Gasteiger partial charge < -0.3 is 19.5 Å². The van der Waals surface area contributed by atoms with Crippen molar-refractivity contribution in [2.75, 3.05) is 33.5 Å². The van der Waals surface area contributed by atoms with Crippen LogP contribution in [-0.2, 0) is 9.47 Å². The van der Waals surface area contributed by atoms with Crippen LogP contribution in [0.4, 0.5) is 0 Å². The molecule has 0 spiro atoms. The van der Waals surface area contributed by atoms with Gasteiger partial charge in [-0.05, 0) is 19.9 Å². The standard InChI is InChI=1S/C15H23NO3/c1-15(2)14(16-8-9-18-11-10-17-3)12-6-4-5-7-13(12)19-15/h4-7,14,16H,8-11H2,1-3H3. The predicted molar refractivity (Wildman–Crippen MR) is 74.6 cm³/mol. The quantitative estimate of drug-likeness (QED) is 0.767. The molecule has 1 aliphatic rings. The maximum atomic E-state index is 5.98. The lowest BCUT2D eigenvalue weighted by Crippen LogP contribution is -2.40. The topological polar surface area (TPSA) is 39.7 Å². The van der Waals surface area contributed by atoms with Gasteiger partial charge in [0.2, 0.25) is 0 Å². The van der Waals surface area contributed by atoms with Crippen LogP contribution in [0.2, 0.25) is 0 Å². The minimum Gasteiger partial charge on any atom is -0.486 e. The normalized spacial score (nSPS) is 20.1. The van der Waals surface area contributed by atoms with Gasteiger partial charge in [0.1, 0.15) is 11.4 Å². The highest BCUT2D eigenvalue weighted by Crippen LogP contribution is 2.42. The van der Waals surface area contributed by atoms with E-state index in [2.05, 4.69) is 25.2 Å². The third kappa shape index (κ3) is 3.47. The smallest absolute Gasteiger partial charge is 0.125 e. The highest BCUT2D eigenvalue weighted by Gasteiger charge is 2.40. The van der Waals surface area contributed by atoms with Crippen molar-refractivity contribution < 1.29 is 14.2 Å². The lowest BCUT2D eigenvalue weighted by molar-refractivity contribution is 0.0620. The van der Waals surface area contributed by atoms with Crippen LogP contribution in [0.1, 0.15) is 25.5 Å². The Morgan fingerprint density at radius 3 is 2.79 bits per heavy atom. The van der Waals surface area contributed by atoms with Crippen LogP contribution < -0.4 is 10.1 Å². The molecule has 106 valence electrons. The summed E-state index contributed by atoms with van der Waals surface area (Å²) in [4.78, 5) is 0. The molecule has 0 amide bonds.